The van der Waals surface area contributed by atoms with Crippen LogP contribution in [0.2, 0.25) is 0 Å². The van der Waals surface area contributed by atoms with Gasteiger partial charge in [-0.1, -0.05) is 20.4 Å². The molecule has 5 saturated heterocycles. The summed E-state index contributed by atoms with van der Waals surface area (Å²) in [6, 6.07) is -2.46. The lowest BCUT2D eigenvalue weighted by molar-refractivity contribution is -0.136. The SMILES string of the molecule is C=CC(=O)N1C[C@H](C)N(C2NC(=O)N3C4NC(C(F)CC42)C2C(F)CCCC2NCCCS(=N)(=O)C2CCNC(C(C)C)C23)C[C@H]1C. The molecule has 6 rings (SSSR count). The molecule has 5 heterocycles. The molecule has 5 N–H and O–H groups in total. The molecule has 5 aliphatic heterocycles. The highest BCUT2D eigenvalue weighted by Crippen LogP contribution is 2.42. The maximum atomic E-state index is 16.7. The van der Waals surface area contributed by atoms with Crippen LogP contribution >= 0.6 is 0 Å². The second-order valence-electron chi connectivity index (χ2n) is 15.4. The van der Waals surface area contributed by atoms with Crippen molar-refractivity contribution >= 4 is 21.7 Å². The molecule has 6 fully saturated rings. The van der Waals surface area contributed by atoms with E-state index < -0.39 is 63.6 Å². The zero-order chi connectivity index (χ0) is 33.8. The number of nitrogens with zero attached hydrogens (tertiary/aromatic N) is 3. The highest BCUT2D eigenvalue weighted by molar-refractivity contribution is 7.93. The quantitative estimate of drug-likeness (QED) is 0.289. The normalized spacial score (nSPS) is 46.6. The van der Waals surface area contributed by atoms with E-state index in [1.54, 1.807) is 9.80 Å². The van der Waals surface area contributed by atoms with Crippen LogP contribution in [0.3, 0.4) is 0 Å². The fraction of sp³-hybridized carbons (Fsp3) is 0.879. The van der Waals surface area contributed by atoms with Gasteiger partial charge in [0.05, 0.1) is 23.6 Å². The van der Waals surface area contributed by atoms with Crippen molar-refractivity contribution in [3.63, 3.8) is 0 Å². The van der Waals surface area contributed by atoms with E-state index in [9.17, 15) is 18.6 Å². The minimum absolute atomic E-state index is 0.0712. The van der Waals surface area contributed by atoms with Gasteiger partial charge in [-0.2, -0.15) is 0 Å². The molecule has 1 aliphatic carbocycles. The van der Waals surface area contributed by atoms with Gasteiger partial charge in [-0.15, -0.1) is 0 Å². The molecule has 1 saturated carbocycles. The van der Waals surface area contributed by atoms with Crippen molar-refractivity contribution in [2.24, 2.45) is 17.8 Å². The smallest absolute Gasteiger partial charge is 0.320 e. The van der Waals surface area contributed by atoms with Crippen molar-refractivity contribution in [1.82, 2.24) is 36.0 Å². The summed E-state index contributed by atoms with van der Waals surface area (Å²) in [6.45, 7) is 13.8. The largest absolute Gasteiger partial charge is 0.334 e. The number of halogens is 2. The summed E-state index contributed by atoms with van der Waals surface area (Å²) in [4.78, 5) is 33.0. The number of amides is 3. The standard InChI is InChI=1S/C33H56F2N8O3S/c1-6-26(44)41-16-20(5)42(17-19(41)4)31-21-15-23(35)29-27-22(34)9-7-10-24(27)37-12-8-14-47(36,46)25-11-13-38-28(18(2)3)30(25)43(32(21)39-29)33(45)40-31/h6,18-25,27-32,36-39H,1,7-17H2,2-5H3,(H,40,45)/t19-,20+,21?,22?,23?,24?,25?,27?,28?,29?,30?,31?,32?,47?/m1/s1. The Hall–Kier alpha value is -1.87. The van der Waals surface area contributed by atoms with Crippen molar-refractivity contribution in [2.45, 2.75) is 132 Å². The maximum absolute atomic E-state index is 16.7. The molecule has 0 radical (unpaired) electrons. The number of piperazine rings is 1. The van der Waals surface area contributed by atoms with Crippen molar-refractivity contribution in [3.05, 3.63) is 12.7 Å². The van der Waals surface area contributed by atoms with E-state index in [4.69, 9.17) is 0 Å². The Morgan fingerprint density at radius 2 is 1.81 bits per heavy atom. The molecule has 11 nitrogen and oxygen atoms in total. The van der Waals surface area contributed by atoms with Crippen LogP contribution in [0.1, 0.15) is 66.2 Å². The van der Waals surface area contributed by atoms with Crippen LogP contribution in [0, 0.1) is 22.5 Å². The molecule has 0 spiro atoms. The summed E-state index contributed by atoms with van der Waals surface area (Å²) in [5.41, 5.74) is 0. The zero-order valence-electron chi connectivity index (χ0n) is 28.4. The van der Waals surface area contributed by atoms with Crippen molar-refractivity contribution in [1.29, 1.82) is 4.78 Å². The molecule has 14 atom stereocenters. The minimum Gasteiger partial charge on any atom is -0.334 e. The van der Waals surface area contributed by atoms with Crippen LogP contribution < -0.4 is 21.3 Å². The predicted molar refractivity (Wildman–Crippen MR) is 179 cm³/mol. The average molecular weight is 683 g/mol. The first-order chi connectivity index (χ1) is 22.3. The number of carbonyl (C=O) groups excluding carboxylic acids is 2. The molecule has 0 aromatic rings. The van der Waals surface area contributed by atoms with Gasteiger partial charge in [-0.3, -0.25) is 19.8 Å². The molecule has 266 valence electrons. The van der Waals surface area contributed by atoms with Gasteiger partial charge in [0, 0.05) is 70.6 Å². The molecule has 0 aromatic heterocycles. The second-order valence-corrected chi connectivity index (χ2v) is 17.8. The Morgan fingerprint density at radius 1 is 1.04 bits per heavy atom. The number of rotatable bonds is 3. The van der Waals surface area contributed by atoms with Crippen molar-refractivity contribution < 1.29 is 22.6 Å². The summed E-state index contributed by atoms with van der Waals surface area (Å²) >= 11 is 0. The molecule has 3 amide bonds. The number of hydrogen-bond acceptors (Lipinski definition) is 8. The lowest BCUT2D eigenvalue weighted by Gasteiger charge is -2.60. The third-order valence-electron chi connectivity index (χ3n) is 12.1. The number of hydrogen-bond donors (Lipinski definition) is 5. The van der Waals surface area contributed by atoms with E-state index in [1.165, 1.54) is 6.08 Å². The predicted octanol–water partition coefficient (Wildman–Crippen LogP) is 2.39. The number of piperidine rings is 2. The summed E-state index contributed by atoms with van der Waals surface area (Å²) in [5.74, 6) is -0.900. The second kappa shape index (κ2) is 13.8. The van der Waals surface area contributed by atoms with E-state index in [-0.39, 0.29) is 54.2 Å². The maximum Gasteiger partial charge on any atom is 0.320 e. The first kappa shape index (κ1) is 35.0. The summed E-state index contributed by atoms with van der Waals surface area (Å²) in [7, 11) is -3.13. The van der Waals surface area contributed by atoms with Crippen molar-refractivity contribution in [3.8, 4) is 0 Å². The Kier molecular flexibility index (Phi) is 10.3. The monoisotopic (exact) mass is 682 g/mol. The van der Waals surface area contributed by atoms with Crippen molar-refractivity contribution in [2.75, 3.05) is 31.9 Å². The molecular weight excluding hydrogens is 626 g/mol. The van der Waals surface area contributed by atoms with Crippen LogP contribution in [0.25, 0.3) is 0 Å². The van der Waals surface area contributed by atoms with Gasteiger partial charge >= 0.3 is 6.03 Å². The van der Waals surface area contributed by atoms with E-state index >= 15 is 8.78 Å². The molecule has 12 unspecified atom stereocenters. The minimum atomic E-state index is -3.13. The van der Waals surface area contributed by atoms with Crippen LogP contribution in [-0.2, 0) is 14.5 Å². The Balaban J connectivity index is 1.43. The topological polar surface area (TPSA) is 133 Å². The lowest BCUT2D eigenvalue weighted by atomic mass is 9.72. The third kappa shape index (κ3) is 6.46. The Bertz CT molecular complexity index is 1290. The fourth-order valence-corrected chi connectivity index (χ4v) is 12.0. The number of urea groups is 1. The van der Waals surface area contributed by atoms with Gasteiger partial charge in [-0.25, -0.2) is 17.8 Å². The molecular formula is C33H56F2N8O3S. The summed E-state index contributed by atoms with van der Waals surface area (Å²) in [6.07, 6.45) is 0.533. The zero-order valence-corrected chi connectivity index (χ0v) is 29.2. The first-order valence-corrected chi connectivity index (χ1v) is 19.7. The van der Waals surface area contributed by atoms with Gasteiger partial charge in [-0.05, 0) is 77.5 Å². The summed E-state index contributed by atoms with van der Waals surface area (Å²) < 4.78 is 56.3. The number of carbonyl (C=O) groups is 2. The van der Waals surface area contributed by atoms with Crippen LogP contribution in [0.5, 0.6) is 0 Å². The molecule has 14 heteroatoms. The van der Waals surface area contributed by atoms with Gasteiger partial charge in [0.2, 0.25) is 5.91 Å². The number of nitrogens with one attached hydrogen (secondary N) is 5. The molecule has 47 heavy (non-hydrogen) atoms. The van der Waals surface area contributed by atoms with E-state index in [2.05, 4.69) is 46.6 Å². The van der Waals surface area contributed by atoms with E-state index in [1.807, 2.05) is 13.8 Å². The highest BCUT2D eigenvalue weighted by atomic mass is 32.2. The third-order valence-corrected chi connectivity index (χ3v) is 14.5. The Labute approximate surface area is 279 Å². The number of fused-ring (bicyclic) bond motifs is 5. The van der Waals surface area contributed by atoms with Crippen LogP contribution in [-0.4, -0.2) is 129 Å². The van der Waals surface area contributed by atoms with E-state index in [0.717, 1.165) is 6.42 Å². The van der Waals surface area contributed by atoms with Gasteiger partial charge in [0.1, 0.15) is 12.3 Å². The first-order valence-electron chi connectivity index (χ1n) is 17.9. The fourth-order valence-electron chi connectivity index (χ4n) is 9.87. The van der Waals surface area contributed by atoms with Crippen LogP contribution in [0.4, 0.5) is 13.6 Å². The highest BCUT2D eigenvalue weighted by Gasteiger charge is 2.58. The number of alkyl halides is 2. The van der Waals surface area contributed by atoms with Gasteiger partial charge < -0.3 is 25.8 Å². The van der Waals surface area contributed by atoms with E-state index in [0.29, 0.717) is 51.9 Å². The molecule has 2 bridgehead atoms. The lowest BCUT2D eigenvalue weighted by Crippen LogP contribution is -2.81. The molecule has 6 aliphatic rings. The van der Waals surface area contributed by atoms with Gasteiger partial charge in [0.25, 0.3) is 0 Å². The average Bonchev–Trinajstić information content (AvgIpc) is 3.03. The van der Waals surface area contributed by atoms with Crippen LogP contribution in [0.15, 0.2) is 12.7 Å². The molecule has 0 aromatic carbocycles. The summed E-state index contributed by atoms with van der Waals surface area (Å²) in [5, 5.41) is 13.4. The Morgan fingerprint density at radius 3 is 2.53 bits per heavy atom. The van der Waals surface area contributed by atoms with Gasteiger partial charge in [0.15, 0.2) is 0 Å².